The molecule has 0 bridgehead atoms. The van der Waals surface area contributed by atoms with Gasteiger partial charge in [-0.25, -0.2) is 9.59 Å². The van der Waals surface area contributed by atoms with E-state index in [1.807, 2.05) is 37.3 Å². The third kappa shape index (κ3) is 5.06. The molecular formula is C27H28N2O6. The number of amides is 1. The summed E-state index contributed by atoms with van der Waals surface area (Å²) in [5, 5.41) is 14.0. The van der Waals surface area contributed by atoms with Crippen LogP contribution in [0.3, 0.4) is 0 Å². The average molecular weight is 477 g/mol. The first kappa shape index (κ1) is 24.1. The fourth-order valence-corrected chi connectivity index (χ4v) is 4.27. The molecule has 4 rings (SSSR count). The summed E-state index contributed by atoms with van der Waals surface area (Å²) in [5.74, 6) is -1.30. The number of para-hydroxylation sites is 1. The lowest BCUT2D eigenvalue weighted by Gasteiger charge is -2.20. The van der Waals surface area contributed by atoms with Crippen LogP contribution in [-0.4, -0.2) is 34.1 Å². The molecule has 2 aromatic carbocycles. The molecule has 2 aromatic heterocycles. The van der Waals surface area contributed by atoms with Crippen molar-refractivity contribution < 1.29 is 23.8 Å². The number of hydrogen-bond donors (Lipinski definition) is 3. The number of aryl methyl sites for hydroxylation is 2. The molecule has 2 atom stereocenters. The highest BCUT2D eigenvalue weighted by atomic mass is 16.5. The van der Waals surface area contributed by atoms with Crippen LogP contribution >= 0.6 is 0 Å². The van der Waals surface area contributed by atoms with Crippen molar-refractivity contribution in [1.82, 2.24) is 10.3 Å². The van der Waals surface area contributed by atoms with Crippen molar-refractivity contribution in [2.24, 2.45) is 0 Å². The lowest BCUT2D eigenvalue weighted by molar-refractivity contribution is -0.142. The van der Waals surface area contributed by atoms with E-state index in [0.29, 0.717) is 16.9 Å². The van der Waals surface area contributed by atoms with Gasteiger partial charge in [-0.3, -0.25) is 4.79 Å². The first-order valence-electron chi connectivity index (χ1n) is 11.6. The smallest absolute Gasteiger partial charge is 0.336 e. The van der Waals surface area contributed by atoms with E-state index < -0.39 is 29.6 Å². The molecule has 3 N–H and O–H groups in total. The van der Waals surface area contributed by atoms with Crippen molar-refractivity contribution in [3.8, 4) is 5.75 Å². The number of aromatic amines is 1. The third-order valence-electron chi connectivity index (χ3n) is 6.10. The fraction of sp³-hybridized carbons (Fsp3) is 0.296. The number of rotatable bonds is 9. The van der Waals surface area contributed by atoms with Gasteiger partial charge in [-0.15, -0.1) is 0 Å². The fourth-order valence-electron chi connectivity index (χ4n) is 4.27. The normalized spacial score (nSPS) is 13.0. The van der Waals surface area contributed by atoms with Crippen LogP contribution in [0, 0.1) is 6.92 Å². The molecule has 1 unspecified atom stereocenters. The van der Waals surface area contributed by atoms with E-state index >= 15 is 0 Å². The molecule has 0 saturated heterocycles. The Kier molecular flexibility index (Phi) is 6.91. The van der Waals surface area contributed by atoms with Crippen LogP contribution in [0.25, 0.3) is 21.9 Å². The molecule has 0 spiro atoms. The van der Waals surface area contributed by atoms with E-state index in [1.165, 1.54) is 6.07 Å². The van der Waals surface area contributed by atoms with Gasteiger partial charge in [-0.1, -0.05) is 31.5 Å². The molecule has 35 heavy (non-hydrogen) atoms. The summed E-state index contributed by atoms with van der Waals surface area (Å²) >= 11 is 0. The van der Waals surface area contributed by atoms with Crippen molar-refractivity contribution in [3.05, 3.63) is 75.8 Å². The summed E-state index contributed by atoms with van der Waals surface area (Å²) in [6, 6.07) is 11.5. The molecule has 1 amide bonds. The van der Waals surface area contributed by atoms with Gasteiger partial charge in [0.1, 0.15) is 17.4 Å². The van der Waals surface area contributed by atoms with Crippen LogP contribution in [0.4, 0.5) is 0 Å². The Balaban J connectivity index is 1.51. The zero-order valence-electron chi connectivity index (χ0n) is 19.9. The number of H-pyrrole nitrogens is 1. The number of hydrogen-bond acceptors (Lipinski definition) is 5. The molecule has 8 nitrogen and oxygen atoms in total. The Morgan fingerprint density at radius 2 is 1.91 bits per heavy atom. The lowest BCUT2D eigenvalue weighted by Crippen LogP contribution is -2.47. The highest BCUT2D eigenvalue weighted by Crippen LogP contribution is 2.29. The number of aliphatic carboxylic acids is 1. The molecule has 0 fully saturated rings. The zero-order valence-corrected chi connectivity index (χ0v) is 19.9. The summed E-state index contributed by atoms with van der Waals surface area (Å²) in [4.78, 5) is 39.9. The lowest BCUT2D eigenvalue weighted by atomic mass is 10.0. The summed E-state index contributed by atoms with van der Waals surface area (Å²) in [6.07, 6.45) is 2.54. The monoisotopic (exact) mass is 476 g/mol. The Hall–Kier alpha value is -4.07. The minimum atomic E-state index is -1.14. The van der Waals surface area contributed by atoms with Crippen molar-refractivity contribution in [2.45, 2.75) is 52.2 Å². The molecule has 0 aliphatic carbocycles. The second-order valence-electron chi connectivity index (χ2n) is 8.63. The molecule has 8 heteroatoms. The standard InChI is InChI=1S/C27H28N2O6/c1-4-7-17-13-24(30)35-25-15(2)23(11-10-20(17)25)34-16(3)26(31)29-22(27(32)33)12-18-14-28-21-9-6-5-8-19(18)21/h5-6,8-11,13-14,16,22,28H,4,7,12H2,1-3H3,(H,29,31)(H,32,33)/t16?,22-/m0/s1. The van der Waals surface area contributed by atoms with Crippen LogP contribution in [-0.2, 0) is 22.4 Å². The van der Waals surface area contributed by atoms with Crippen molar-refractivity contribution >= 4 is 33.7 Å². The van der Waals surface area contributed by atoms with E-state index in [-0.39, 0.29) is 6.42 Å². The van der Waals surface area contributed by atoms with Crippen LogP contribution in [0.15, 0.2) is 57.9 Å². The minimum absolute atomic E-state index is 0.123. The number of carboxylic acid groups (broad SMARTS) is 1. The molecule has 2 heterocycles. The largest absolute Gasteiger partial charge is 0.480 e. The van der Waals surface area contributed by atoms with Crippen molar-refractivity contribution in [1.29, 1.82) is 0 Å². The quantitative estimate of drug-likeness (QED) is 0.313. The number of nitrogens with one attached hydrogen (secondary N) is 2. The highest BCUT2D eigenvalue weighted by molar-refractivity contribution is 5.89. The number of carbonyl (C=O) groups excluding carboxylic acids is 1. The predicted molar refractivity (Wildman–Crippen MR) is 133 cm³/mol. The maximum absolute atomic E-state index is 12.8. The van der Waals surface area contributed by atoms with E-state index in [4.69, 9.17) is 9.15 Å². The first-order chi connectivity index (χ1) is 16.8. The average Bonchev–Trinajstić information content (AvgIpc) is 3.23. The van der Waals surface area contributed by atoms with E-state index in [9.17, 15) is 19.5 Å². The van der Waals surface area contributed by atoms with Crippen molar-refractivity contribution in [2.75, 3.05) is 0 Å². The van der Waals surface area contributed by atoms with E-state index in [0.717, 1.165) is 40.3 Å². The van der Waals surface area contributed by atoms with Gasteiger partial charge in [0.05, 0.1) is 0 Å². The van der Waals surface area contributed by atoms with E-state index in [1.54, 1.807) is 26.1 Å². The van der Waals surface area contributed by atoms with Crippen LogP contribution in [0.2, 0.25) is 0 Å². The highest BCUT2D eigenvalue weighted by Gasteiger charge is 2.26. The van der Waals surface area contributed by atoms with Gasteiger partial charge in [-0.05, 0) is 49.6 Å². The Labute approximate surface area is 201 Å². The van der Waals surface area contributed by atoms with Crippen LogP contribution in [0.1, 0.15) is 37.0 Å². The zero-order chi connectivity index (χ0) is 25.1. The Morgan fingerprint density at radius 3 is 2.66 bits per heavy atom. The first-order valence-corrected chi connectivity index (χ1v) is 11.6. The molecule has 0 saturated carbocycles. The topological polar surface area (TPSA) is 122 Å². The van der Waals surface area contributed by atoms with Crippen LogP contribution in [0.5, 0.6) is 5.75 Å². The van der Waals surface area contributed by atoms with Gasteiger partial charge in [0.2, 0.25) is 0 Å². The van der Waals surface area contributed by atoms with Gasteiger partial charge >= 0.3 is 11.6 Å². The molecule has 0 aliphatic heterocycles. The number of aromatic nitrogens is 1. The SMILES string of the molecule is CCCc1cc(=O)oc2c(C)c(OC(C)C(=O)N[C@@H](Cc3c[nH]c4ccccc34)C(=O)O)ccc12. The third-order valence-corrected chi connectivity index (χ3v) is 6.10. The number of carboxylic acids is 1. The molecule has 0 aliphatic rings. The molecular weight excluding hydrogens is 448 g/mol. The number of benzene rings is 2. The van der Waals surface area contributed by atoms with Gasteiger partial charge in [0.15, 0.2) is 6.10 Å². The number of ether oxygens (including phenoxy) is 1. The second-order valence-corrected chi connectivity index (χ2v) is 8.63. The van der Waals surface area contributed by atoms with Crippen LogP contribution < -0.4 is 15.7 Å². The van der Waals surface area contributed by atoms with Gasteiger partial charge in [0, 0.05) is 40.5 Å². The van der Waals surface area contributed by atoms with Crippen molar-refractivity contribution in [3.63, 3.8) is 0 Å². The summed E-state index contributed by atoms with van der Waals surface area (Å²) in [6.45, 7) is 5.35. The summed E-state index contributed by atoms with van der Waals surface area (Å²) in [7, 11) is 0. The van der Waals surface area contributed by atoms with Gasteiger partial charge in [-0.2, -0.15) is 0 Å². The number of fused-ring (bicyclic) bond motifs is 2. The predicted octanol–water partition coefficient (Wildman–Crippen LogP) is 4.11. The van der Waals surface area contributed by atoms with E-state index in [2.05, 4.69) is 10.3 Å². The van der Waals surface area contributed by atoms with Gasteiger partial charge in [0.25, 0.3) is 5.91 Å². The maximum atomic E-state index is 12.8. The molecule has 4 aromatic rings. The Morgan fingerprint density at radius 1 is 1.14 bits per heavy atom. The summed E-state index contributed by atoms with van der Waals surface area (Å²) in [5.41, 5.74) is 3.19. The minimum Gasteiger partial charge on any atom is -0.480 e. The molecule has 0 radical (unpaired) electrons. The summed E-state index contributed by atoms with van der Waals surface area (Å²) < 4.78 is 11.3. The molecule has 182 valence electrons. The maximum Gasteiger partial charge on any atom is 0.336 e. The second kappa shape index (κ2) is 10.0. The van der Waals surface area contributed by atoms with Gasteiger partial charge < -0.3 is 24.6 Å². The number of carbonyl (C=O) groups is 2. The Bertz CT molecular complexity index is 1450.